The molecule has 3 N–H and O–H groups in total. The van der Waals surface area contributed by atoms with Crippen LogP contribution in [0.4, 0.5) is 5.95 Å². The first-order chi connectivity index (χ1) is 6.15. The third-order valence-electron chi connectivity index (χ3n) is 1.61. The highest BCUT2D eigenvalue weighted by Crippen LogP contribution is 1.98. The molecule has 6 heteroatoms. The third-order valence-corrected chi connectivity index (χ3v) is 1.61. The van der Waals surface area contributed by atoms with Crippen molar-refractivity contribution in [3.05, 3.63) is 5.82 Å². The standard InChI is InChI=1S/C7H13N5O/c1-3-4-12(2)6(13)5-9-7(8)11-10-5/h3-4H2,1-2H3,(H3,8,9,10,11). The van der Waals surface area contributed by atoms with Gasteiger partial charge in [0.2, 0.25) is 11.8 Å². The summed E-state index contributed by atoms with van der Waals surface area (Å²) in [4.78, 5) is 16.8. The number of aromatic nitrogens is 3. The maximum atomic E-state index is 11.5. The van der Waals surface area contributed by atoms with Crippen LogP contribution in [0.1, 0.15) is 24.0 Å². The minimum atomic E-state index is -0.189. The minimum absolute atomic E-state index is 0.0910. The van der Waals surface area contributed by atoms with Gasteiger partial charge >= 0.3 is 0 Å². The zero-order valence-corrected chi connectivity index (χ0v) is 7.74. The summed E-state index contributed by atoms with van der Waals surface area (Å²) in [5.41, 5.74) is 5.27. The summed E-state index contributed by atoms with van der Waals surface area (Å²) in [5, 5.41) is 6.04. The Balaban J connectivity index is 2.67. The molecule has 0 bridgehead atoms. The summed E-state index contributed by atoms with van der Waals surface area (Å²) >= 11 is 0. The lowest BCUT2D eigenvalue weighted by atomic mass is 10.4. The fourth-order valence-corrected chi connectivity index (χ4v) is 0.988. The molecule has 0 saturated heterocycles. The normalized spacial score (nSPS) is 10.0. The van der Waals surface area contributed by atoms with Gasteiger partial charge < -0.3 is 10.6 Å². The minimum Gasteiger partial charge on any atom is -0.366 e. The van der Waals surface area contributed by atoms with Crippen molar-refractivity contribution in [2.45, 2.75) is 13.3 Å². The van der Waals surface area contributed by atoms with E-state index in [1.54, 1.807) is 11.9 Å². The number of anilines is 1. The number of carbonyl (C=O) groups is 1. The van der Waals surface area contributed by atoms with Gasteiger partial charge in [-0.25, -0.2) is 0 Å². The molecule has 0 aliphatic rings. The van der Waals surface area contributed by atoms with Crippen LogP contribution in [0.25, 0.3) is 0 Å². The van der Waals surface area contributed by atoms with E-state index in [2.05, 4.69) is 15.2 Å². The Morgan fingerprint density at radius 1 is 1.69 bits per heavy atom. The number of rotatable bonds is 3. The monoisotopic (exact) mass is 183 g/mol. The number of hydrogen-bond donors (Lipinski definition) is 2. The molecule has 0 atom stereocenters. The van der Waals surface area contributed by atoms with Gasteiger partial charge in [0, 0.05) is 13.6 Å². The van der Waals surface area contributed by atoms with Gasteiger partial charge in [0.15, 0.2) is 0 Å². The smallest absolute Gasteiger partial charge is 0.290 e. The van der Waals surface area contributed by atoms with Crippen molar-refractivity contribution < 1.29 is 4.79 Å². The first kappa shape index (κ1) is 9.50. The van der Waals surface area contributed by atoms with Gasteiger partial charge in [-0.1, -0.05) is 6.92 Å². The first-order valence-corrected chi connectivity index (χ1v) is 4.08. The zero-order valence-electron chi connectivity index (χ0n) is 7.74. The van der Waals surface area contributed by atoms with Crippen LogP contribution < -0.4 is 5.73 Å². The predicted octanol–water partition coefficient (Wildman–Crippen LogP) is -0.131. The summed E-state index contributed by atoms with van der Waals surface area (Å²) in [6.07, 6.45) is 0.909. The number of H-pyrrole nitrogens is 1. The molecule has 13 heavy (non-hydrogen) atoms. The Kier molecular flexibility index (Phi) is 2.84. The Hall–Kier alpha value is -1.59. The number of nitrogens with two attached hydrogens (primary N) is 1. The number of nitrogens with one attached hydrogen (secondary N) is 1. The molecule has 0 unspecified atom stereocenters. The zero-order chi connectivity index (χ0) is 9.84. The molecule has 6 nitrogen and oxygen atoms in total. The molecule has 1 aromatic rings. The molecule has 1 heterocycles. The van der Waals surface area contributed by atoms with Gasteiger partial charge in [-0.2, -0.15) is 4.98 Å². The number of nitrogens with zero attached hydrogens (tertiary/aromatic N) is 3. The van der Waals surface area contributed by atoms with Crippen molar-refractivity contribution in [2.24, 2.45) is 0 Å². The van der Waals surface area contributed by atoms with Gasteiger partial charge in [-0.3, -0.25) is 9.89 Å². The van der Waals surface area contributed by atoms with E-state index in [0.717, 1.165) is 6.42 Å². The van der Waals surface area contributed by atoms with Crippen molar-refractivity contribution in [3.8, 4) is 0 Å². The molecule has 1 aromatic heterocycles. The Labute approximate surface area is 76.1 Å². The highest BCUT2D eigenvalue weighted by molar-refractivity contribution is 5.90. The lowest BCUT2D eigenvalue weighted by Crippen LogP contribution is -2.28. The van der Waals surface area contributed by atoms with Gasteiger partial charge in [0.25, 0.3) is 5.91 Å². The van der Waals surface area contributed by atoms with Crippen molar-refractivity contribution >= 4 is 11.9 Å². The summed E-state index contributed by atoms with van der Waals surface area (Å²) in [7, 11) is 1.71. The molecule has 0 aromatic carbocycles. The summed E-state index contributed by atoms with van der Waals surface area (Å²) < 4.78 is 0. The van der Waals surface area contributed by atoms with Crippen LogP contribution in [0, 0.1) is 0 Å². The van der Waals surface area contributed by atoms with Crippen LogP contribution in [0.3, 0.4) is 0 Å². The van der Waals surface area contributed by atoms with Crippen molar-refractivity contribution in [3.63, 3.8) is 0 Å². The van der Waals surface area contributed by atoms with E-state index in [1.165, 1.54) is 0 Å². The van der Waals surface area contributed by atoms with Crippen molar-refractivity contribution in [1.82, 2.24) is 20.1 Å². The van der Waals surface area contributed by atoms with E-state index in [0.29, 0.717) is 6.54 Å². The van der Waals surface area contributed by atoms with Crippen LogP contribution >= 0.6 is 0 Å². The quantitative estimate of drug-likeness (QED) is 0.683. The molecule has 0 spiro atoms. The maximum absolute atomic E-state index is 11.5. The van der Waals surface area contributed by atoms with E-state index in [9.17, 15) is 4.79 Å². The average Bonchev–Trinajstić information content (AvgIpc) is 2.51. The number of aromatic amines is 1. The van der Waals surface area contributed by atoms with Gasteiger partial charge in [-0.15, -0.1) is 5.10 Å². The first-order valence-electron chi connectivity index (χ1n) is 4.08. The molecule has 0 aliphatic carbocycles. The molecular weight excluding hydrogens is 170 g/mol. The highest BCUT2D eigenvalue weighted by Gasteiger charge is 2.14. The number of carbonyl (C=O) groups excluding carboxylic acids is 1. The van der Waals surface area contributed by atoms with Crippen molar-refractivity contribution in [1.29, 1.82) is 0 Å². The van der Waals surface area contributed by atoms with Crippen LogP contribution in [-0.4, -0.2) is 39.6 Å². The Morgan fingerprint density at radius 3 is 2.85 bits per heavy atom. The summed E-state index contributed by atoms with van der Waals surface area (Å²) in [5.74, 6) is 0.0905. The molecule has 1 rings (SSSR count). The lowest BCUT2D eigenvalue weighted by molar-refractivity contribution is 0.0783. The molecule has 0 aliphatic heterocycles. The van der Waals surface area contributed by atoms with Crippen LogP contribution in [0.5, 0.6) is 0 Å². The van der Waals surface area contributed by atoms with Gasteiger partial charge in [-0.05, 0) is 6.42 Å². The third kappa shape index (κ3) is 2.17. The second-order valence-electron chi connectivity index (χ2n) is 2.77. The van der Waals surface area contributed by atoms with Crippen LogP contribution in [0.15, 0.2) is 0 Å². The number of nitrogen functional groups attached to an aromatic ring is 1. The second kappa shape index (κ2) is 3.88. The SMILES string of the molecule is CCCN(C)C(=O)c1nc(N)n[nH]1. The van der Waals surface area contributed by atoms with E-state index < -0.39 is 0 Å². The average molecular weight is 183 g/mol. The molecule has 0 fully saturated rings. The van der Waals surface area contributed by atoms with E-state index in [-0.39, 0.29) is 17.7 Å². The largest absolute Gasteiger partial charge is 0.366 e. The second-order valence-corrected chi connectivity index (χ2v) is 2.77. The topological polar surface area (TPSA) is 87.9 Å². The van der Waals surface area contributed by atoms with E-state index in [1.807, 2.05) is 6.92 Å². The lowest BCUT2D eigenvalue weighted by Gasteiger charge is -2.13. The van der Waals surface area contributed by atoms with Crippen LogP contribution in [-0.2, 0) is 0 Å². The molecule has 72 valence electrons. The number of hydrogen-bond acceptors (Lipinski definition) is 4. The highest BCUT2D eigenvalue weighted by atomic mass is 16.2. The molecule has 0 saturated carbocycles. The van der Waals surface area contributed by atoms with Crippen molar-refractivity contribution in [2.75, 3.05) is 19.3 Å². The van der Waals surface area contributed by atoms with Crippen LogP contribution in [0.2, 0.25) is 0 Å². The van der Waals surface area contributed by atoms with E-state index in [4.69, 9.17) is 5.73 Å². The molecule has 1 amide bonds. The van der Waals surface area contributed by atoms with Gasteiger partial charge in [0.05, 0.1) is 0 Å². The Morgan fingerprint density at radius 2 is 2.38 bits per heavy atom. The Bertz CT molecular complexity index is 295. The maximum Gasteiger partial charge on any atom is 0.290 e. The summed E-state index contributed by atoms with van der Waals surface area (Å²) in [6.45, 7) is 2.69. The molecule has 0 radical (unpaired) electrons. The predicted molar refractivity (Wildman–Crippen MR) is 48.0 cm³/mol. The fourth-order valence-electron chi connectivity index (χ4n) is 0.988. The number of amides is 1. The van der Waals surface area contributed by atoms with Gasteiger partial charge in [0.1, 0.15) is 0 Å². The summed E-state index contributed by atoms with van der Waals surface area (Å²) in [6, 6.07) is 0. The molecular formula is C7H13N5O. The van der Waals surface area contributed by atoms with E-state index >= 15 is 0 Å². The fraction of sp³-hybridized carbons (Fsp3) is 0.571.